The summed E-state index contributed by atoms with van der Waals surface area (Å²) < 4.78 is 0. The van der Waals surface area contributed by atoms with Crippen LogP contribution in [0.2, 0.25) is 0 Å². The predicted molar refractivity (Wildman–Crippen MR) is 95.0 cm³/mol. The van der Waals surface area contributed by atoms with Gasteiger partial charge in [-0.2, -0.15) is 35.3 Å². The van der Waals surface area contributed by atoms with E-state index in [-0.39, 0.29) is 0 Å². The van der Waals surface area contributed by atoms with Crippen LogP contribution in [0.15, 0.2) is 0 Å². The molecule has 0 amide bonds. The van der Waals surface area contributed by atoms with Gasteiger partial charge in [0.1, 0.15) is 0 Å². The van der Waals surface area contributed by atoms with Gasteiger partial charge in [-0.3, -0.25) is 0 Å². The maximum absolute atomic E-state index is 2.35. The van der Waals surface area contributed by atoms with E-state index in [9.17, 15) is 0 Å². The second-order valence-corrected chi connectivity index (χ2v) is 8.91. The molecule has 0 N–H and O–H groups in total. The molecule has 1 atom stereocenters. The maximum atomic E-state index is 2.35. The first-order chi connectivity index (χ1) is 8.60. The lowest BCUT2D eigenvalue weighted by molar-refractivity contribution is 0.750. The molecule has 0 aromatic rings. The third-order valence-electron chi connectivity index (χ3n) is 2.62. The van der Waals surface area contributed by atoms with Crippen LogP contribution in [0.1, 0.15) is 53.9 Å². The standard InChI is InChI=1S/C15H31S3/c1-6-8-9-17-15(11-16-10-13(3)4)12-18-14(5)7-2/h13-14H,6-12H2,1-5H3. The van der Waals surface area contributed by atoms with Crippen molar-refractivity contribution in [3.63, 3.8) is 0 Å². The fourth-order valence-corrected chi connectivity index (χ4v) is 4.95. The van der Waals surface area contributed by atoms with E-state index in [1.165, 1.54) is 42.3 Å². The quantitative estimate of drug-likeness (QED) is 0.407. The minimum absolute atomic E-state index is 0.807. The summed E-state index contributed by atoms with van der Waals surface area (Å²) >= 11 is 6.37. The van der Waals surface area contributed by atoms with Crippen molar-refractivity contribution < 1.29 is 0 Å². The van der Waals surface area contributed by atoms with Crippen molar-refractivity contribution in [2.24, 2.45) is 5.92 Å². The summed E-state index contributed by atoms with van der Waals surface area (Å²) in [5.41, 5.74) is 0. The summed E-state index contributed by atoms with van der Waals surface area (Å²) in [6, 6.07) is 0. The molecule has 0 nitrogen and oxygen atoms in total. The van der Waals surface area contributed by atoms with Gasteiger partial charge < -0.3 is 0 Å². The topological polar surface area (TPSA) is 0 Å². The average Bonchev–Trinajstić information content (AvgIpc) is 2.34. The zero-order valence-corrected chi connectivity index (χ0v) is 15.3. The SMILES string of the molecule is CCCCS[C](CSCC(C)C)CSC(C)CC. The number of thioether (sulfide) groups is 3. The van der Waals surface area contributed by atoms with Crippen molar-refractivity contribution in [2.45, 2.75) is 59.1 Å². The third-order valence-corrected chi connectivity index (χ3v) is 7.05. The van der Waals surface area contributed by atoms with E-state index in [1.807, 2.05) is 0 Å². The van der Waals surface area contributed by atoms with Gasteiger partial charge in [-0.25, -0.2) is 0 Å². The zero-order valence-electron chi connectivity index (χ0n) is 12.8. The normalized spacial score (nSPS) is 13.5. The van der Waals surface area contributed by atoms with Crippen molar-refractivity contribution in [3.8, 4) is 0 Å². The Hall–Kier alpha value is 1.05. The Morgan fingerprint density at radius 3 is 2.33 bits per heavy atom. The highest BCUT2D eigenvalue weighted by molar-refractivity contribution is 8.07. The van der Waals surface area contributed by atoms with E-state index >= 15 is 0 Å². The summed E-state index contributed by atoms with van der Waals surface area (Å²) in [6.07, 6.45) is 3.96. The molecule has 0 rings (SSSR count). The van der Waals surface area contributed by atoms with Crippen LogP contribution in [0, 0.1) is 11.2 Å². The van der Waals surface area contributed by atoms with Crippen LogP contribution in [0.25, 0.3) is 0 Å². The van der Waals surface area contributed by atoms with Gasteiger partial charge in [0.15, 0.2) is 0 Å². The predicted octanol–water partition coefficient (Wildman–Crippen LogP) is 5.97. The van der Waals surface area contributed by atoms with Gasteiger partial charge in [-0.15, -0.1) is 0 Å². The van der Waals surface area contributed by atoms with E-state index in [2.05, 4.69) is 69.9 Å². The Morgan fingerprint density at radius 2 is 1.78 bits per heavy atom. The summed E-state index contributed by atoms with van der Waals surface area (Å²) in [5, 5.41) is 2.52. The first-order valence-electron chi connectivity index (χ1n) is 7.26. The Bertz CT molecular complexity index is 171. The van der Waals surface area contributed by atoms with Gasteiger partial charge in [0.05, 0.1) is 5.25 Å². The molecule has 0 aromatic heterocycles. The average molecular weight is 308 g/mol. The van der Waals surface area contributed by atoms with E-state index in [4.69, 9.17) is 0 Å². The fraction of sp³-hybridized carbons (Fsp3) is 0.933. The molecule has 109 valence electrons. The van der Waals surface area contributed by atoms with Crippen LogP contribution < -0.4 is 0 Å². The van der Waals surface area contributed by atoms with Gasteiger partial charge in [-0.1, -0.05) is 41.0 Å². The Morgan fingerprint density at radius 1 is 1.06 bits per heavy atom. The molecule has 0 saturated heterocycles. The minimum atomic E-state index is 0.807. The second-order valence-electron chi connectivity index (χ2n) is 5.18. The lowest BCUT2D eigenvalue weighted by Crippen LogP contribution is -2.06. The first kappa shape index (κ1) is 19.1. The van der Waals surface area contributed by atoms with Crippen LogP contribution in [-0.4, -0.2) is 28.3 Å². The van der Waals surface area contributed by atoms with Crippen LogP contribution in [0.4, 0.5) is 0 Å². The van der Waals surface area contributed by atoms with Crippen molar-refractivity contribution in [1.82, 2.24) is 0 Å². The second kappa shape index (κ2) is 13.1. The van der Waals surface area contributed by atoms with Gasteiger partial charge in [0, 0.05) is 16.8 Å². The molecule has 1 radical (unpaired) electrons. The summed E-state index contributed by atoms with van der Waals surface area (Å²) in [7, 11) is 0. The van der Waals surface area contributed by atoms with Crippen molar-refractivity contribution >= 4 is 35.3 Å². The van der Waals surface area contributed by atoms with Crippen molar-refractivity contribution in [2.75, 3.05) is 23.0 Å². The molecule has 0 aliphatic carbocycles. The smallest absolute Gasteiger partial charge is 0.0503 e. The number of hydrogen-bond donors (Lipinski definition) is 0. The molecular formula is C15H31S3. The van der Waals surface area contributed by atoms with Gasteiger partial charge in [0.25, 0.3) is 0 Å². The minimum Gasteiger partial charge on any atom is -0.160 e. The van der Waals surface area contributed by atoms with Crippen molar-refractivity contribution in [3.05, 3.63) is 5.25 Å². The summed E-state index contributed by atoms with van der Waals surface area (Å²) in [4.78, 5) is 0. The van der Waals surface area contributed by atoms with E-state index in [1.54, 1.807) is 5.25 Å². The van der Waals surface area contributed by atoms with Crippen LogP contribution >= 0.6 is 35.3 Å². The van der Waals surface area contributed by atoms with Gasteiger partial charge >= 0.3 is 0 Å². The van der Waals surface area contributed by atoms with Crippen molar-refractivity contribution in [1.29, 1.82) is 0 Å². The molecule has 0 bridgehead atoms. The Labute approximate surface area is 128 Å². The number of rotatable bonds is 12. The molecule has 0 aliphatic heterocycles. The molecule has 0 aliphatic rings. The van der Waals surface area contributed by atoms with Gasteiger partial charge in [0.2, 0.25) is 0 Å². The largest absolute Gasteiger partial charge is 0.160 e. The lowest BCUT2D eigenvalue weighted by atomic mass is 10.3. The molecule has 0 heterocycles. The molecule has 0 aromatic carbocycles. The molecular weight excluding hydrogens is 276 g/mol. The highest BCUT2D eigenvalue weighted by atomic mass is 32.2. The summed E-state index contributed by atoms with van der Waals surface area (Å²) in [6.45, 7) is 11.5. The van der Waals surface area contributed by atoms with E-state index < -0.39 is 0 Å². The molecule has 0 spiro atoms. The monoisotopic (exact) mass is 307 g/mol. The number of unbranched alkanes of at least 4 members (excludes halogenated alkanes) is 1. The molecule has 1 unspecified atom stereocenters. The molecule has 3 heteroatoms. The maximum Gasteiger partial charge on any atom is 0.0503 e. The van der Waals surface area contributed by atoms with Crippen LogP contribution in [0.5, 0.6) is 0 Å². The number of hydrogen-bond acceptors (Lipinski definition) is 3. The van der Waals surface area contributed by atoms with Gasteiger partial charge in [-0.05, 0) is 30.3 Å². The lowest BCUT2D eigenvalue weighted by Gasteiger charge is -2.17. The molecule has 0 saturated carbocycles. The molecule has 18 heavy (non-hydrogen) atoms. The molecule has 0 fully saturated rings. The van der Waals surface area contributed by atoms with E-state index in [0.717, 1.165) is 11.2 Å². The zero-order chi connectivity index (χ0) is 13.8. The Balaban J connectivity index is 3.83. The Kier molecular flexibility index (Phi) is 13.8. The van der Waals surface area contributed by atoms with E-state index in [0.29, 0.717) is 0 Å². The fourth-order valence-electron chi connectivity index (χ4n) is 1.25. The highest BCUT2D eigenvalue weighted by Gasteiger charge is 2.12. The summed E-state index contributed by atoms with van der Waals surface area (Å²) in [5.74, 6) is 5.95. The third kappa shape index (κ3) is 12.1. The van der Waals surface area contributed by atoms with Crippen LogP contribution in [0.3, 0.4) is 0 Å². The van der Waals surface area contributed by atoms with Crippen LogP contribution in [-0.2, 0) is 0 Å². The first-order valence-corrected chi connectivity index (χ1v) is 10.5. The highest BCUT2D eigenvalue weighted by Crippen LogP contribution is 2.31.